The molecule has 1 aromatic heterocycles. The van der Waals surface area contributed by atoms with Crippen LogP contribution in [0.3, 0.4) is 0 Å². The van der Waals surface area contributed by atoms with Crippen molar-refractivity contribution in [3.63, 3.8) is 0 Å². The van der Waals surface area contributed by atoms with Crippen molar-refractivity contribution in [1.29, 1.82) is 0 Å². The minimum absolute atomic E-state index is 0.394. The maximum atomic E-state index is 12.2. The van der Waals surface area contributed by atoms with E-state index in [1.807, 2.05) is 26.8 Å². The van der Waals surface area contributed by atoms with Crippen molar-refractivity contribution in [2.45, 2.75) is 26.4 Å². The summed E-state index contributed by atoms with van der Waals surface area (Å²) in [6.07, 6.45) is 1.21. The molecular formula is C17H19NO4. The van der Waals surface area contributed by atoms with Crippen LogP contribution < -0.4 is 0 Å². The predicted molar refractivity (Wildman–Crippen MR) is 82.8 cm³/mol. The second kappa shape index (κ2) is 6.05. The van der Waals surface area contributed by atoms with Crippen molar-refractivity contribution in [1.82, 2.24) is 4.57 Å². The van der Waals surface area contributed by atoms with Crippen LogP contribution in [0.1, 0.15) is 31.1 Å². The lowest BCUT2D eigenvalue weighted by Gasteiger charge is -2.20. The minimum atomic E-state index is -0.562. The van der Waals surface area contributed by atoms with Gasteiger partial charge < -0.3 is 9.47 Å². The number of methoxy groups -OCH3 is 1. The highest BCUT2D eigenvalue weighted by Crippen LogP contribution is 2.22. The van der Waals surface area contributed by atoms with E-state index in [-0.39, 0.29) is 0 Å². The molecule has 0 aliphatic rings. The first-order chi connectivity index (χ1) is 10.3. The third-order valence-electron chi connectivity index (χ3n) is 2.94. The number of carbonyl (C=O) groups is 2. The van der Waals surface area contributed by atoms with Gasteiger partial charge in [-0.25, -0.2) is 9.59 Å². The van der Waals surface area contributed by atoms with E-state index in [2.05, 4.69) is 4.74 Å². The summed E-state index contributed by atoms with van der Waals surface area (Å²) in [5.74, 6) is -0.394. The Hall–Kier alpha value is -2.56. The topological polar surface area (TPSA) is 57.5 Å². The van der Waals surface area contributed by atoms with Crippen molar-refractivity contribution in [3.05, 3.63) is 48.2 Å². The number of hydrogen-bond donors (Lipinski definition) is 0. The number of rotatable bonds is 2. The minimum Gasteiger partial charge on any atom is -0.465 e. The molecule has 0 bridgehead atoms. The van der Waals surface area contributed by atoms with Crippen LogP contribution in [0.25, 0.3) is 11.3 Å². The van der Waals surface area contributed by atoms with Crippen molar-refractivity contribution >= 4 is 12.1 Å². The van der Waals surface area contributed by atoms with Crippen molar-refractivity contribution in [3.8, 4) is 11.3 Å². The van der Waals surface area contributed by atoms with E-state index >= 15 is 0 Å². The van der Waals surface area contributed by atoms with E-state index in [1.54, 1.807) is 36.5 Å². The van der Waals surface area contributed by atoms with Crippen LogP contribution in [0.4, 0.5) is 4.79 Å². The van der Waals surface area contributed by atoms with Crippen LogP contribution in [0.15, 0.2) is 42.6 Å². The van der Waals surface area contributed by atoms with Gasteiger partial charge in [-0.05, 0) is 50.6 Å². The number of carbonyl (C=O) groups excluding carboxylic acids is 2. The molecule has 0 aliphatic carbocycles. The first kappa shape index (κ1) is 15.8. The number of nitrogens with zero attached hydrogens (tertiary/aromatic N) is 1. The van der Waals surface area contributed by atoms with Gasteiger partial charge in [-0.15, -0.1) is 0 Å². The van der Waals surface area contributed by atoms with E-state index in [4.69, 9.17) is 4.74 Å². The van der Waals surface area contributed by atoms with Gasteiger partial charge in [0.1, 0.15) is 5.60 Å². The second-order valence-electron chi connectivity index (χ2n) is 5.81. The highest BCUT2D eigenvalue weighted by molar-refractivity contribution is 5.90. The Balaban J connectivity index is 2.29. The van der Waals surface area contributed by atoms with Crippen molar-refractivity contribution in [2.75, 3.05) is 7.11 Å². The molecule has 0 atom stereocenters. The molecule has 5 heteroatoms. The number of benzene rings is 1. The lowest BCUT2D eigenvalue weighted by Crippen LogP contribution is -2.27. The molecule has 5 nitrogen and oxygen atoms in total. The highest BCUT2D eigenvalue weighted by atomic mass is 16.6. The summed E-state index contributed by atoms with van der Waals surface area (Å²) in [6.45, 7) is 5.46. The number of ether oxygens (including phenoxy) is 2. The summed E-state index contributed by atoms with van der Waals surface area (Å²) in [7, 11) is 1.34. The molecule has 0 saturated heterocycles. The molecule has 116 valence electrons. The SMILES string of the molecule is COC(=O)c1ccc(-c2cccn2C(=O)OC(C)(C)C)cc1. The van der Waals surface area contributed by atoms with Gasteiger partial charge in [0.25, 0.3) is 0 Å². The van der Waals surface area contributed by atoms with Gasteiger partial charge in [-0.2, -0.15) is 0 Å². The molecule has 0 fully saturated rings. The molecule has 1 heterocycles. The first-order valence-electron chi connectivity index (χ1n) is 6.91. The van der Waals surface area contributed by atoms with Gasteiger partial charge in [-0.3, -0.25) is 4.57 Å². The molecule has 1 aromatic carbocycles. The molecule has 0 unspecified atom stereocenters. The standard InChI is InChI=1S/C17H19NO4/c1-17(2,3)22-16(20)18-11-5-6-14(18)12-7-9-13(10-8-12)15(19)21-4/h5-11H,1-4H3. The van der Waals surface area contributed by atoms with Gasteiger partial charge >= 0.3 is 12.1 Å². The normalized spacial score (nSPS) is 11.1. The van der Waals surface area contributed by atoms with E-state index < -0.39 is 17.7 Å². The molecule has 0 N–H and O–H groups in total. The largest absolute Gasteiger partial charge is 0.465 e. The molecule has 0 aliphatic heterocycles. The average molecular weight is 301 g/mol. The highest BCUT2D eigenvalue weighted by Gasteiger charge is 2.19. The Bertz CT molecular complexity index is 677. The zero-order chi connectivity index (χ0) is 16.3. The molecule has 2 aromatic rings. The monoisotopic (exact) mass is 301 g/mol. The summed E-state index contributed by atoms with van der Waals surface area (Å²) in [5.41, 5.74) is 1.41. The summed E-state index contributed by atoms with van der Waals surface area (Å²) < 4.78 is 11.5. The van der Waals surface area contributed by atoms with Gasteiger partial charge in [0.15, 0.2) is 0 Å². The first-order valence-corrected chi connectivity index (χ1v) is 6.91. The van der Waals surface area contributed by atoms with Crippen LogP contribution in [0.2, 0.25) is 0 Å². The van der Waals surface area contributed by atoms with Gasteiger partial charge in [0.2, 0.25) is 0 Å². The molecule has 22 heavy (non-hydrogen) atoms. The van der Waals surface area contributed by atoms with Crippen molar-refractivity contribution < 1.29 is 19.1 Å². The Labute approximate surface area is 129 Å². The van der Waals surface area contributed by atoms with Crippen molar-refractivity contribution in [2.24, 2.45) is 0 Å². The third-order valence-corrected chi connectivity index (χ3v) is 2.94. The average Bonchev–Trinajstić information content (AvgIpc) is 2.94. The second-order valence-corrected chi connectivity index (χ2v) is 5.81. The summed E-state index contributed by atoms with van der Waals surface area (Å²) in [5, 5.41) is 0. The summed E-state index contributed by atoms with van der Waals surface area (Å²) in [6, 6.07) is 10.4. The quantitative estimate of drug-likeness (QED) is 0.793. The molecule has 0 spiro atoms. The van der Waals surface area contributed by atoms with Gasteiger partial charge in [0.05, 0.1) is 18.4 Å². The lowest BCUT2D eigenvalue weighted by atomic mass is 10.1. The Kier molecular flexibility index (Phi) is 4.35. The lowest BCUT2D eigenvalue weighted by molar-refractivity contribution is 0.0538. The third kappa shape index (κ3) is 3.55. The van der Waals surface area contributed by atoms with E-state index in [0.717, 1.165) is 5.56 Å². The number of hydrogen-bond acceptors (Lipinski definition) is 4. The Morgan fingerprint density at radius 3 is 2.23 bits per heavy atom. The van der Waals surface area contributed by atoms with Crippen LogP contribution in [-0.2, 0) is 9.47 Å². The smallest absolute Gasteiger partial charge is 0.418 e. The summed E-state index contributed by atoms with van der Waals surface area (Å²) >= 11 is 0. The fourth-order valence-electron chi connectivity index (χ4n) is 1.98. The van der Waals surface area contributed by atoms with Gasteiger partial charge in [0, 0.05) is 6.20 Å². The van der Waals surface area contributed by atoms with Crippen LogP contribution in [0.5, 0.6) is 0 Å². The molecule has 0 saturated carbocycles. The molecular weight excluding hydrogens is 282 g/mol. The fourth-order valence-corrected chi connectivity index (χ4v) is 1.98. The predicted octanol–water partition coefficient (Wildman–Crippen LogP) is 3.72. The zero-order valence-electron chi connectivity index (χ0n) is 13.1. The maximum Gasteiger partial charge on any atom is 0.418 e. The maximum absolute atomic E-state index is 12.2. The molecule has 0 amide bonds. The van der Waals surface area contributed by atoms with E-state index in [1.165, 1.54) is 11.7 Å². The number of esters is 1. The number of aromatic nitrogens is 1. The molecule has 0 radical (unpaired) electrons. The van der Waals surface area contributed by atoms with Gasteiger partial charge in [-0.1, -0.05) is 12.1 Å². The summed E-state index contributed by atoms with van der Waals surface area (Å²) in [4.78, 5) is 23.6. The van der Waals surface area contributed by atoms with E-state index in [9.17, 15) is 9.59 Å². The zero-order valence-corrected chi connectivity index (χ0v) is 13.1. The fraction of sp³-hybridized carbons (Fsp3) is 0.294. The van der Waals surface area contributed by atoms with E-state index in [0.29, 0.717) is 11.3 Å². The van der Waals surface area contributed by atoms with Crippen LogP contribution >= 0.6 is 0 Å². The van der Waals surface area contributed by atoms with Crippen LogP contribution in [-0.4, -0.2) is 29.3 Å². The Morgan fingerprint density at radius 2 is 1.68 bits per heavy atom. The molecule has 2 rings (SSSR count). The Morgan fingerprint density at radius 1 is 1.05 bits per heavy atom. The van der Waals surface area contributed by atoms with Crippen LogP contribution in [0, 0.1) is 0 Å².